The van der Waals surface area contributed by atoms with E-state index in [0.29, 0.717) is 23.8 Å². The molecule has 1 aliphatic carbocycles. The lowest BCUT2D eigenvalue weighted by Crippen LogP contribution is -2.12. The Hall–Kier alpha value is -2.71. The summed E-state index contributed by atoms with van der Waals surface area (Å²) in [6.45, 7) is 5.07. The number of hydrogen-bond acceptors (Lipinski definition) is 2. The molecule has 1 saturated carbocycles. The van der Waals surface area contributed by atoms with Gasteiger partial charge in [-0.3, -0.25) is 0 Å². The molecule has 1 fully saturated rings. The van der Waals surface area contributed by atoms with Gasteiger partial charge in [0.25, 0.3) is 0 Å². The summed E-state index contributed by atoms with van der Waals surface area (Å²) in [4.78, 5) is 0. The molecular weight excluding hydrogens is 354 g/mol. The molecule has 2 heteroatoms. The number of nitriles is 1. The Labute approximate surface area is 175 Å². The van der Waals surface area contributed by atoms with Gasteiger partial charge in [-0.25, -0.2) is 0 Å². The first-order chi connectivity index (χ1) is 14.2. The molecule has 150 valence electrons. The summed E-state index contributed by atoms with van der Waals surface area (Å²) in [6.07, 6.45) is 8.73. The van der Waals surface area contributed by atoms with Gasteiger partial charge in [0.2, 0.25) is 0 Å². The molecule has 0 aliphatic heterocycles. The lowest BCUT2D eigenvalue weighted by atomic mass is 9.78. The molecule has 3 rings (SSSR count). The first-order valence-electron chi connectivity index (χ1n) is 11.0. The van der Waals surface area contributed by atoms with Crippen LogP contribution >= 0.6 is 0 Å². The van der Waals surface area contributed by atoms with Crippen molar-refractivity contribution in [2.24, 2.45) is 5.92 Å². The zero-order valence-corrected chi connectivity index (χ0v) is 17.7. The van der Waals surface area contributed by atoms with Gasteiger partial charge in [0.15, 0.2) is 0 Å². The second-order valence-electron chi connectivity index (χ2n) is 8.02. The van der Waals surface area contributed by atoms with Crippen LogP contribution in [0.4, 0.5) is 0 Å². The van der Waals surface area contributed by atoms with E-state index in [0.717, 1.165) is 29.9 Å². The normalized spacial score (nSPS) is 18.4. The summed E-state index contributed by atoms with van der Waals surface area (Å²) in [6, 6.07) is 16.6. The zero-order chi connectivity index (χ0) is 20.5. The predicted molar refractivity (Wildman–Crippen MR) is 119 cm³/mol. The fourth-order valence-electron chi connectivity index (χ4n) is 4.03. The highest BCUT2D eigenvalue weighted by Gasteiger charge is 2.20. The van der Waals surface area contributed by atoms with E-state index in [1.807, 2.05) is 18.2 Å². The molecule has 0 N–H and O–H groups in total. The average Bonchev–Trinajstić information content (AvgIpc) is 2.79. The SMILES string of the molecule is CCCCOc1ccc(C#Cc2ccc(C3CCC(CC)CC3)cc2)cc1C#N. The maximum absolute atomic E-state index is 9.39. The summed E-state index contributed by atoms with van der Waals surface area (Å²) in [5, 5.41) is 9.39. The van der Waals surface area contributed by atoms with Crippen LogP contribution in [-0.2, 0) is 0 Å². The Bertz CT molecular complexity index is 887. The summed E-state index contributed by atoms with van der Waals surface area (Å²) < 4.78 is 5.70. The van der Waals surface area contributed by atoms with E-state index < -0.39 is 0 Å². The molecule has 0 atom stereocenters. The highest BCUT2D eigenvalue weighted by Crippen LogP contribution is 2.36. The van der Waals surface area contributed by atoms with Gasteiger partial charge < -0.3 is 4.74 Å². The van der Waals surface area contributed by atoms with Gasteiger partial charge in [0.05, 0.1) is 12.2 Å². The van der Waals surface area contributed by atoms with Crippen molar-refractivity contribution in [3.05, 3.63) is 64.7 Å². The van der Waals surface area contributed by atoms with Gasteiger partial charge in [-0.05, 0) is 79.8 Å². The number of benzene rings is 2. The highest BCUT2D eigenvalue weighted by atomic mass is 16.5. The van der Waals surface area contributed by atoms with Crippen LogP contribution in [0.1, 0.15) is 87.0 Å². The van der Waals surface area contributed by atoms with Crippen molar-refractivity contribution in [3.63, 3.8) is 0 Å². The monoisotopic (exact) mass is 385 g/mol. The van der Waals surface area contributed by atoms with Crippen molar-refractivity contribution in [1.82, 2.24) is 0 Å². The molecule has 0 bridgehead atoms. The summed E-state index contributed by atoms with van der Waals surface area (Å²) in [5.74, 6) is 8.70. The number of ether oxygens (including phenoxy) is 1. The van der Waals surface area contributed by atoms with E-state index in [2.05, 4.69) is 56.0 Å². The van der Waals surface area contributed by atoms with Crippen molar-refractivity contribution >= 4 is 0 Å². The molecule has 0 spiro atoms. The fourth-order valence-corrected chi connectivity index (χ4v) is 4.03. The minimum Gasteiger partial charge on any atom is -0.492 e. The maximum atomic E-state index is 9.39. The summed E-state index contributed by atoms with van der Waals surface area (Å²) in [7, 11) is 0. The standard InChI is InChI=1S/C27H31NO/c1-3-5-18-29-27-17-12-23(19-26(27)20-28)7-6-22-10-15-25(16-11-22)24-13-8-21(4-2)9-14-24/h10-12,15-17,19,21,24H,3-5,8-9,13-14,18H2,1-2H3. The second kappa shape index (κ2) is 10.7. The van der Waals surface area contributed by atoms with Gasteiger partial charge >= 0.3 is 0 Å². The van der Waals surface area contributed by atoms with Crippen LogP contribution in [0.15, 0.2) is 42.5 Å². The van der Waals surface area contributed by atoms with E-state index in [1.54, 1.807) is 0 Å². The van der Waals surface area contributed by atoms with E-state index in [1.165, 1.54) is 37.7 Å². The van der Waals surface area contributed by atoms with Crippen LogP contribution in [0.3, 0.4) is 0 Å². The van der Waals surface area contributed by atoms with Crippen molar-refractivity contribution in [3.8, 4) is 23.7 Å². The third-order valence-corrected chi connectivity index (χ3v) is 6.01. The Kier molecular flexibility index (Phi) is 7.77. The molecule has 0 heterocycles. The Morgan fingerprint density at radius 1 is 0.931 bits per heavy atom. The molecule has 2 aromatic carbocycles. The number of nitrogens with zero attached hydrogens (tertiary/aromatic N) is 1. The van der Waals surface area contributed by atoms with Gasteiger partial charge in [-0.2, -0.15) is 5.26 Å². The van der Waals surface area contributed by atoms with E-state index >= 15 is 0 Å². The number of unbranched alkanes of at least 4 members (excludes halogenated alkanes) is 1. The highest BCUT2D eigenvalue weighted by molar-refractivity contribution is 5.51. The predicted octanol–water partition coefficient (Wildman–Crippen LogP) is 6.82. The molecule has 2 aromatic rings. The van der Waals surface area contributed by atoms with Crippen LogP contribution in [0.25, 0.3) is 0 Å². The third kappa shape index (κ3) is 5.88. The molecular formula is C27H31NO. The van der Waals surface area contributed by atoms with E-state index in [9.17, 15) is 5.26 Å². The molecule has 0 amide bonds. The van der Waals surface area contributed by atoms with Crippen molar-refractivity contribution in [1.29, 1.82) is 5.26 Å². The molecule has 2 nitrogen and oxygen atoms in total. The van der Waals surface area contributed by atoms with Crippen molar-refractivity contribution in [2.75, 3.05) is 6.61 Å². The minimum atomic E-state index is 0.547. The van der Waals surface area contributed by atoms with Gasteiger partial charge in [-0.15, -0.1) is 0 Å². The maximum Gasteiger partial charge on any atom is 0.137 e. The second-order valence-corrected chi connectivity index (χ2v) is 8.02. The lowest BCUT2D eigenvalue weighted by Gasteiger charge is -2.28. The zero-order valence-electron chi connectivity index (χ0n) is 17.7. The fraction of sp³-hybridized carbons (Fsp3) is 0.444. The minimum absolute atomic E-state index is 0.547. The van der Waals surface area contributed by atoms with Crippen LogP contribution < -0.4 is 4.74 Å². The lowest BCUT2D eigenvalue weighted by molar-refractivity contribution is 0.308. The van der Waals surface area contributed by atoms with Gasteiger partial charge in [-0.1, -0.05) is 50.7 Å². The number of rotatable bonds is 6. The first kappa shape index (κ1) is 21.0. The summed E-state index contributed by atoms with van der Waals surface area (Å²) in [5.41, 5.74) is 3.85. The van der Waals surface area contributed by atoms with Gasteiger partial charge in [0, 0.05) is 11.1 Å². The molecule has 0 radical (unpaired) electrons. The van der Waals surface area contributed by atoms with Gasteiger partial charge in [0.1, 0.15) is 11.8 Å². The van der Waals surface area contributed by atoms with Crippen LogP contribution in [-0.4, -0.2) is 6.61 Å². The van der Waals surface area contributed by atoms with E-state index in [4.69, 9.17) is 4.74 Å². The molecule has 0 unspecified atom stereocenters. The van der Waals surface area contributed by atoms with E-state index in [-0.39, 0.29) is 0 Å². The van der Waals surface area contributed by atoms with Crippen molar-refractivity contribution < 1.29 is 4.74 Å². The Morgan fingerprint density at radius 3 is 2.28 bits per heavy atom. The first-order valence-corrected chi connectivity index (χ1v) is 11.0. The van der Waals surface area contributed by atoms with Crippen LogP contribution in [0.2, 0.25) is 0 Å². The Balaban J connectivity index is 1.64. The third-order valence-electron chi connectivity index (χ3n) is 6.01. The molecule has 0 aromatic heterocycles. The summed E-state index contributed by atoms with van der Waals surface area (Å²) >= 11 is 0. The number of hydrogen-bond donors (Lipinski definition) is 0. The largest absolute Gasteiger partial charge is 0.492 e. The molecule has 0 saturated heterocycles. The topological polar surface area (TPSA) is 33.0 Å². The van der Waals surface area contributed by atoms with Crippen LogP contribution in [0.5, 0.6) is 5.75 Å². The van der Waals surface area contributed by atoms with Crippen molar-refractivity contribution in [2.45, 2.75) is 64.7 Å². The van der Waals surface area contributed by atoms with Crippen LogP contribution in [0, 0.1) is 29.1 Å². The average molecular weight is 386 g/mol. The molecule has 29 heavy (non-hydrogen) atoms. The smallest absolute Gasteiger partial charge is 0.137 e. The molecule has 1 aliphatic rings. The quantitative estimate of drug-likeness (QED) is 0.404. The Morgan fingerprint density at radius 2 is 1.62 bits per heavy atom.